The Bertz CT molecular complexity index is 1330. The largest absolute Gasteiger partial charge is 0.345 e. The molecule has 6 fully saturated rings. The van der Waals surface area contributed by atoms with E-state index in [-0.39, 0.29) is 0 Å². The number of nitrogens with zero attached hydrogens (tertiary/aromatic N) is 8. The molecular weight excluding hydrogens is 600 g/mol. The second-order valence-electron chi connectivity index (χ2n) is 16.2. The topological polar surface area (TPSA) is 73.4 Å². The first-order valence-electron chi connectivity index (χ1n) is 19.3. The molecule has 6 aliphatic heterocycles. The van der Waals surface area contributed by atoms with Gasteiger partial charge in [0.25, 0.3) is 0 Å². The van der Waals surface area contributed by atoms with Gasteiger partial charge in [0.15, 0.2) is 12.1 Å². The van der Waals surface area contributed by atoms with E-state index >= 15 is 0 Å². The van der Waals surface area contributed by atoms with Crippen LogP contribution in [0.25, 0.3) is 11.4 Å². The Morgan fingerprint density at radius 2 is 0.917 bits per heavy atom. The Morgan fingerprint density at radius 1 is 0.521 bits per heavy atom. The van der Waals surface area contributed by atoms with Crippen LogP contribution in [-0.4, -0.2) is 191 Å². The van der Waals surface area contributed by atoms with Crippen molar-refractivity contribution in [3.63, 3.8) is 0 Å². The zero-order valence-corrected chi connectivity index (χ0v) is 29.3. The minimum Gasteiger partial charge on any atom is -0.345 e. The van der Waals surface area contributed by atoms with Gasteiger partial charge in [0.05, 0.1) is 110 Å². The number of benzene rings is 1. The van der Waals surface area contributed by atoms with Gasteiger partial charge in [0, 0.05) is 44.6 Å². The number of carbonyl (C=O) groups is 1. The van der Waals surface area contributed by atoms with Crippen molar-refractivity contribution in [1.29, 1.82) is 0 Å². The number of quaternary nitrogens is 4. The van der Waals surface area contributed by atoms with Crippen molar-refractivity contribution >= 4 is 17.9 Å². The van der Waals surface area contributed by atoms with Crippen LogP contribution in [0.15, 0.2) is 30.3 Å². The maximum atomic E-state index is 13.1. The normalized spacial score (nSPS) is 26.8. The molecule has 4 spiro atoms. The summed E-state index contributed by atoms with van der Waals surface area (Å²) in [7, 11) is 0. The lowest BCUT2D eigenvalue weighted by atomic mass is 10.1. The number of nitrogens with one attached hydrogen (secondary N) is 2. The van der Waals surface area contributed by atoms with Crippen molar-refractivity contribution in [1.82, 2.24) is 20.6 Å². The molecule has 7 heterocycles. The van der Waals surface area contributed by atoms with E-state index in [1.54, 1.807) is 0 Å². The summed E-state index contributed by atoms with van der Waals surface area (Å²) >= 11 is 0. The van der Waals surface area contributed by atoms with Crippen LogP contribution >= 0.6 is 0 Å². The van der Waals surface area contributed by atoms with E-state index < -0.39 is 0 Å². The lowest BCUT2D eigenvalue weighted by Crippen LogP contribution is -2.64. The van der Waals surface area contributed by atoms with Crippen LogP contribution in [0.4, 0.5) is 11.6 Å². The molecule has 48 heavy (non-hydrogen) atoms. The minimum atomic E-state index is 0.693. The summed E-state index contributed by atoms with van der Waals surface area (Å²) in [5.74, 6) is 2.44. The number of hydrogen-bond donors (Lipinski definition) is 2. The number of hydrogen-bond acceptors (Lipinski definition) is 7. The van der Waals surface area contributed by atoms with Gasteiger partial charge in [-0.25, -0.2) is 9.97 Å². The molecule has 1 aromatic heterocycles. The molecule has 6 saturated heterocycles. The maximum Gasteiger partial charge on any atom is 0.163 e. The van der Waals surface area contributed by atoms with Crippen molar-refractivity contribution < 1.29 is 22.7 Å². The summed E-state index contributed by atoms with van der Waals surface area (Å²) < 4.78 is 5.09. The van der Waals surface area contributed by atoms with Crippen molar-refractivity contribution in [2.45, 2.75) is 12.8 Å². The average molecular weight is 661 g/mol. The van der Waals surface area contributed by atoms with E-state index in [1.807, 2.05) is 6.07 Å². The van der Waals surface area contributed by atoms with Gasteiger partial charge in [-0.15, -0.1) is 0 Å². The predicted molar refractivity (Wildman–Crippen MR) is 191 cm³/mol. The van der Waals surface area contributed by atoms with Crippen molar-refractivity contribution in [3.8, 4) is 11.4 Å². The van der Waals surface area contributed by atoms with Crippen LogP contribution in [0.3, 0.4) is 0 Å². The van der Waals surface area contributed by atoms with Gasteiger partial charge in [-0.05, 0) is 0 Å². The number of anilines is 2. The van der Waals surface area contributed by atoms with Gasteiger partial charge in [0.1, 0.15) is 37.8 Å². The fourth-order valence-corrected chi connectivity index (χ4v) is 10.3. The predicted octanol–water partition coefficient (Wildman–Crippen LogP) is 0.877. The van der Waals surface area contributed by atoms with Crippen LogP contribution in [-0.2, 0) is 0 Å². The van der Waals surface area contributed by atoms with Crippen LogP contribution in [0, 0.1) is 0 Å². The lowest BCUT2D eigenvalue weighted by molar-refractivity contribution is -0.964. The van der Waals surface area contributed by atoms with Crippen molar-refractivity contribution in [2.24, 2.45) is 0 Å². The molecule has 0 amide bonds. The Kier molecular flexibility index (Phi) is 9.19. The third kappa shape index (κ3) is 6.50. The van der Waals surface area contributed by atoms with Crippen LogP contribution < -0.4 is 20.4 Å². The standard InChI is InChI=1S/C37H60N10O/c48-32-34-36(42-12-24-46(25-13-42)18-4-16-44(28-30-46)20-8-38-9-21-44)40-35(33-6-2-1-3-7-33)41-37(34)43-14-26-47(27-15-43)19-5-17-45(29-31-47)22-10-39-11-23-45/h1-3,6-7,32,38-39H,4-5,8-31H2/q+4. The van der Waals surface area contributed by atoms with E-state index in [4.69, 9.17) is 9.97 Å². The SMILES string of the molecule is O=Cc1c(N2CC[N+]3(CCC[N+]4(CCNCC4)CC3)CC2)nc(-c2ccccc2)nc1N1CC[N+]2(CCC[N+]3(CCNCC3)CC2)CC1. The van der Waals surface area contributed by atoms with Gasteiger partial charge < -0.3 is 38.4 Å². The van der Waals surface area contributed by atoms with E-state index in [0.717, 1.165) is 108 Å². The van der Waals surface area contributed by atoms with Gasteiger partial charge in [0.2, 0.25) is 0 Å². The molecule has 0 aliphatic carbocycles. The fraction of sp³-hybridized carbons (Fsp3) is 0.703. The molecule has 0 bridgehead atoms. The number of carbonyl (C=O) groups excluding carboxylic acids is 1. The summed E-state index contributed by atoms with van der Waals surface area (Å²) in [6.45, 7) is 28.6. The Balaban J connectivity index is 1.01. The van der Waals surface area contributed by atoms with Crippen molar-refractivity contribution in [2.75, 3.05) is 167 Å². The van der Waals surface area contributed by atoms with E-state index in [2.05, 4.69) is 44.7 Å². The summed E-state index contributed by atoms with van der Waals surface area (Å²) in [6, 6.07) is 10.4. The zero-order chi connectivity index (χ0) is 32.5. The van der Waals surface area contributed by atoms with Crippen molar-refractivity contribution in [3.05, 3.63) is 35.9 Å². The molecule has 260 valence electrons. The molecule has 11 heteroatoms. The fourth-order valence-electron chi connectivity index (χ4n) is 10.3. The monoisotopic (exact) mass is 660 g/mol. The highest BCUT2D eigenvalue weighted by Gasteiger charge is 2.44. The molecule has 0 unspecified atom stereocenters. The van der Waals surface area contributed by atoms with Gasteiger partial charge >= 0.3 is 0 Å². The third-order valence-electron chi connectivity index (χ3n) is 13.7. The van der Waals surface area contributed by atoms with Crippen LogP contribution in [0.1, 0.15) is 23.2 Å². The highest BCUT2D eigenvalue weighted by atomic mass is 16.1. The molecule has 0 radical (unpaired) electrons. The van der Waals surface area contributed by atoms with E-state index in [1.165, 1.54) is 109 Å². The molecule has 8 rings (SSSR count). The van der Waals surface area contributed by atoms with Crippen LogP contribution in [0.2, 0.25) is 0 Å². The Morgan fingerprint density at radius 3 is 1.31 bits per heavy atom. The lowest BCUT2D eigenvalue weighted by Gasteiger charge is -2.46. The molecule has 0 saturated carbocycles. The maximum absolute atomic E-state index is 13.1. The molecule has 11 nitrogen and oxygen atoms in total. The molecule has 0 atom stereocenters. The van der Waals surface area contributed by atoms with Crippen LogP contribution in [0.5, 0.6) is 0 Å². The number of rotatable bonds is 4. The summed E-state index contributed by atoms with van der Waals surface area (Å²) in [5.41, 5.74) is 1.72. The molecular formula is C37H60N10O+4. The Hall–Kier alpha value is -2.67. The minimum absolute atomic E-state index is 0.693. The number of piperazine rings is 4. The summed E-state index contributed by atoms with van der Waals surface area (Å²) in [6.07, 6.45) is 3.70. The number of aromatic nitrogens is 2. The van der Waals surface area contributed by atoms with Gasteiger partial charge in [-0.3, -0.25) is 4.79 Å². The van der Waals surface area contributed by atoms with E-state index in [9.17, 15) is 4.79 Å². The average Bonchev–Trinajstić information content (AvgIpc) is 3.41. The highest BCUT2D eigenvalue weighted by Crippen LogP contribution is 2.33. The molecule has 2 N–H and O–H groups in total. The first-order chi connectivity index (χ1) is 23.5. The molecule has 2 aromatic rings. The van der Waals surface area contributed by atoms with Gasteiger partial charge in [-0.2, -0.15) is 0 Å². The summed E-state index contributed by atoms with van der Waals surface area (Å²) in [5, 5.41) is 7.16. The second-order valence-corrected chi connectivity index (χ2v) is 16.2. The molecule has 1 aromatic carbocycles. The highest BCUT2D eigenvalue weighted by molar-refractivity contribution is 5.91. The Labute approximate surface area is 287 Å². The smallest absolute Gasteiger partial charge is 0.163 e. The number of aldehydes is 1. The first kappa shape index (κ1) is 32.5. The third-order valence-corrected chi connectivity index (χ3v) is 13.7. The quantitative estimate of drug-likeness (QED) is 0.373. The van der Waals surface area contributed by atoms with Gasteiger partial charge in [-0.1, -0.05) is 30.3 Å². The zero-order valence-electron chi connectivity index (χ0n) is 29.3. The van der Waals surface area contributed by atoms with E-state index in [0.29, 0.717) is 5.56 Å². The second kappa shape index (κ2) is 13.6. The molecule has 6 aliphatic rings. The summed E-state index contributed by atoms with van der Waals surface area (Å²) in [4.78, 5) is 28.3. The first-order valence-corrected chi connectivity index (χ1v) is 19.3.